The Labute approximate surface area is 83.4 Å². The van der Waals surface area contributed by atoms with E-state index in [1.165, 1.54) is 0 Å². The molecule has 0 heterocycles. The minimum Gasteiger partial charge on any atom is -0.489 e. The van der Waals surface area contributed by atoms with E-state index in [0.717, 1.165) is 12.8 Å². The molecule has 0 atom stereocenters. The zero-order chi connectivity index (χ0) is 10.7. The lowest BCUT2D eigenvalue weighted by Gasteiger charge is -2.17. The molecule has 0 radical (unpaired) electrons. The van der Waals surface area contributed by atoms with Gasteiger partial charge in [-0.1, -0.05) is 13.8 Å². The first-order chi connectivity index (χ1) is 6.67. The summed E-state index contributed by atoms with van der Waals surface area (Å²) in [4.78, 5) is 22.5. The van der Waals surface area contributed by atoms with Gasteiger partial charge >= 0.3 is 0 Å². The molecule has 0 spiro atoms. The van der Waals surface area contributed by atoms with Gasteiger partial charge in [-0.3, -0.25) is 9.59 Å². The highest BCUT2D eigenvalue weighted by atomic mass is 16.5. The Morgan fingerprint density at radius 3 is 2.07 bits per heavy atom. The molecule has 0 aliphatic rings. The van der Waals surface area contributed by atoms with Crippen LogP contribution in [0.1, 0.15) is 45.1 Å². The molecular formula is C11H16O3. The highest BCUT2D eigenvalue weighted by molar-refractivity contribution is 5.42. The predicted octanol–water partition coefficient (Wildman–Crippen LogP) is 1.58. The van der Waals surface area contributed by atoms with Crippen LogP contribution >= 0.6 is 0 Å². The lowest BCUT2D eigenvalue weighted by molar-refractivity contribution is 0.324. The molecule has 3 nitrogen and oxygen atoms in total. The Kier molecular flexibility index (Phi) is 3.44. The van der Waals surface area contributed by atoms with Gasteiger partial charge in [-0.15, -0.1) is 0 Å². The van der Waals surface area contributed by atoms with Crippen LogP contribution in [0.5, 0.6) is 5.75 Å². The van der Waals surface area contributed by atoms with E-state index in [9.17, 15) is 9.59 Å². The second-order valence-corrected chi connectivity index (χ2v) is 3.35. The molecular weight excluding hydrogens is 180 g/mol. The van der Waals surface area contributed by atoms with E-state index in [-0.39, 0.29) is 11.3 Å². The molecule has 0 N–H and O–H groups in total. The topological polar surface area (TPSA) is 43.4 Å². The Morgan fingerprint density at radius 1 is 1.07 bits per heavy atom. The van der Waals surface area contributed by atoms with Gasteiger partial charge in [0.2, 0.25) is 5.43 Å². The summed E-state index contributed by atoms with van der Waals surface area (Å²) in [5, 5.41) is 0. The summed E-state index contributed by atoms with van der Waals surface area (Å²) in [7, 11) is 0. The quantitative estimate of drug-likeness (QED) is 0.671. The van der Waals surface area contributed by atoms with Crippen molar-refractivity contribution in [2.24, 2.45) is 0 Å². The van der Waals surface area contributed by atoms with E-state index in [1.54, 1.807) is 0 Å². The third kappa shape index (κ3) is 1.59. The fourth-order valence-electron chi connectivity index (χ4n) is 1.74. The van der Waals surface area contributed by atoms with Crippen molar-refractivity contribution in [1.82, 2.24) is 0 Å². The summed E-state index contributed by atoms with van der Waals surface area (Å²) in [5.41, 5.74) is -0.183. The van der Waals surface area contributed by atoms with Crippen molar-refractivity contribution < 1.29 is 4.74 Å². The molecule has 0 bridgehead atoms. The van der Waals surface area contributed by atoms with Gasteiger partial charge in [-0.25, -0.2) is 0 Å². The summed E-state index contributed by atoms with van der Waals surface area (Å²) in [5.74, 6) is 0.493. The average Bonchev–Trinajstić information content (AvgIpc) is 2.22. The van der Waals surface area contributed by atoms with Gasteiger partial charge in [-0.2, -0.15) is 0 Å². The van der Waals surface area contributed by atoms with Crippen LogP contribution in [0.3, 0.4) is 0 Å². The summed E-state index contributed by atoms with van der Waals surface area (Å²) in [6.45, 7) is 6.28. The Balaban J connectivity index is 3.02. The highest BCUT2D eigenvalue weighted by Gasteiger charge is 2.26. The minimum atomic E-state index is -0.450. The fraction of sp³-hybridized carbons (Fsp3) is 0.636. The largest absolute Gasteiger partial charge is 0.489 e. The van der Waals surface area contributed by atoms with E-state index < -0.39 is 5.43 Å². The van der Waals surface area contributed by atoms with Crippen molar-refractivity contribution in [2.45, 2.75) is 39.5 Å². The number of hydrogen-bond donors (Lipinski definition) is 0. The zero-order valence-electron chi connectivity index (χ0n) is 8.92. The molecule has 0 aliphatic heterocycles. The lowest BCUT2D eigenvalue weighted by atomic mass is 9.90. The molecule has 1 aromatic carbocycles. The molecule has 0 saturated carbocycles. The van der Waals surface area contributed by atoms with Crippen molar-refractivity contribution in [3.8, 4) is 5.75 Å². The maximum atomic E-state index is 11.3. The molecule has 14 heavy (non-hydrogen) atoms. The van der Waals surface area contributed by atoms with Crippen molar-refractivity contribution in [1.29, 1.82) is 0 Å². The fourth-order valence-corrected chi connectivity index (χ4v) is 1.74. The van der Waals surface area contributed by atoms with Crippen LogP contribution < -0.4 is 15.6 Å². The van der Waals surface area contributed by atoms with Gasteiger partial charge < -0.3 is 4.74 Å². The van der Waals surface area contributed by atoms with Crippen LogP contribution in [0.4, 0.5) is 0 Å². The maximum absolute atomic E-state index is 11.3. The van der Waals surface area contributed by atoms with Crippen molar-refractivity contribution in [3.63, 3.8) is 0 Å². The molecule has 78 valence electrons. The van der Waals surface area contributed by atoms with Crippen molar-refractivity contribution >= 4 is 0 Å². The third-order valence-corrected chi connectivity index (χ3v) is 2.58. The lowest BCUT2D eigenvalue weighted by Crippen LogP contribution is -2.38. The minimum absolute atomic E-state index is 0.182. The molecule has 0 unspecified atom stereocenters. The molecule has 3 heteroatoms. The van der Waals surface area contributed by atoms with E-state index in [2.05, 4.69) is 0 Å². The van der Waals surface area contributed by atoms with E-state index in [1.807, 2.05) is 20.8 Å². The molecule has 0 saturated heterocycles. The zero-order valence-corrected chi connectivity index (χ0v) is 8.92. The van der Waals surface area contributed by atoms with Crippen LogP contribution in [0.25, 0.3) is 0 Å². The van der Waals surface area contributed by atoms with Gasteiger partial charge in [0, 0.05) is 0 Å². The normalized spacial score (nSPS) is 11.1. The van der Waals surface area contributed by atoms with Gasteiger partial charge in [0.05, 0.1) is 12.2 Å². The Hall–Kier alpha value is -1.12. The first-order valence-electron chi connectivity index (χ1n) is 5.13. The maximum Gasteiger partial charge on any atom is 0.268 e. The number of ether oxygens (including phenoxy) is 1. The van der Waals surface area contributed by atoms with E-state index in [0.29, 0.717) is 17.9 Å². The van der Waals surface area contributed by atoms with Gasteiger partial charge in [0.15, 0.2) is 5.75 Å². The summed E-state index contributed by atoms with van der Waals surface area (Å²) in [6.07, 6.45) is 1.75. The highest BCUT2D eigenvalue weighted by Crippen LogP contribution is 2.27. The summed E-state index contributed by atoms with van der Waals surface area (Å²) >= 11 is 0. The molecule has 1 rings (SSSR count). The molecule has 0 amide bonds. The monoisotopic (exact) mass is 196 g/mol. The molecule has 0 aliphatic carbocycles. The van der Waals surface area contributed by atoms with Crippen LogP contribution in [-0.2, 0) is 0 Å². The van der Waals surface area contributed by atoms with Crippen LogP contribution in [-0.4, -0.2) is 6.61 Å². The van der Waals surface area contributed by atoms with Gasteiger partial charge in [0.1, 0.15) is 0 Å². The second kappa shape index (κ2) is 4.40. The van der Waals surface area contributed by atoms with Crippen LogP contribution in [0.15, 0.2) is 9.59 Å². The van der Waals surface area contributed by atoms with Crippen LogP contribution in [0, 0.1) is 0 Å². The predicted molar refractivity (Wildman–Crippen MR) is 55.8 cm³/mol. The number of rotatable bonds is 5. The molecule has 0 aromatic heterocycles. The van der Waals surface area contributed by atoms with Gasteiger partial charge in [-0.05, 0) is 25.7 Å². The number of hydrogen-bond acceptors (Lipinski definition) is 3. The molecule has 1 aromatic rings. The van der Waals surface area contributed by atoms with Crippen molar-refractivity contribution in [2.75, 3.05) is 6.61 Å². The summed E-state index contributed by atoms with van der Waals surface area (Å²) in [6, 6.07) is 0. The Morgan fingerprint density at radius 2 is 1.64 bits per heavy atom. The van der Waals surface area contributed by atoms with E-state index >= 15 is 0 Å². The first-order valence-corrected chi connectivity index (χ1v) is 5.13. The SMILES string of the molecule is CCOc1c(C(CC)CC)c(=O)c1=O. The third-order valence-electron chi connectivity index (χ3n) is 2.58. The van der Waals surface area contributed by atoms with Crippen molar-refractivity contribution in [3.05, 3.63) is 26.0 Å². The average molecular weight is 196 g/mol. The Bertz CT molecular complexity index is 368. The standard InChI is InChI=1S/C11H16O3/c1-4-7(5-2)8-9(12)10(13)11(8)14-6-3/h7H,4-6H2,1-3H3. The first kappa shape index (κ1) is 11.0. The van der Waals surface area contributed by atoms with E-state index in [4.69, 9.17) is 4.74 Å². The smallest absolute Gasteiger partial charge is 0.268 e. The summed E-state index contributed by atoms with van der Waals surface area (Å²) < 4.78 is 5.17. The van der Waals surface area contributed by atoms with Crippen LogP contribution in [0.2, 0.25) is 0 Å². The molecule has 0 fully saturated rings. The van der Waals surface area contributed by atoms with Gasteiger partial charge in [0.25, 0.3) is 5.43 Å². The second-order valence-electron chi connectivity index (χ2n) is 3.35.